The summed E-state index contributed by atoms with van der Waals surface area (Å²) in [6.45, 7) is 3.07. The van der Waals surface area contributed by atoms with E-state index in [0.29, 0.717) is 11.3 Å². The molecule has 1 fully saturated rings. The van der Waals surface area contributed by atoms with E-state index >= 15 is 0 Å². The first-order chi connectivity index (χ1) is 4.70. The zero-order valence-corrected chi connectivity index (χ0v) is 6.56. The zero-order valence-electron chi connectivity index (χ0n) is 6.56. The summed E-state index contributed by atoms with van der Waals surface area (Å²) in [5.74, 6) is 3.31. The van der Waals surface area contributed by atoms with Gasteiger partial charge in [0.25, 0.3) is 0 Å². The van der Waals surface area contributed by atoms with Gasteiger partial charge in [0.15, 0.2) is 0 Å². The van der Waals surface area contributed by atoms with Crippen LogP contribution in [0, 0.1) is 23.7 Å². The van der Waals surface area contributed by atoms with Crippen molar-refractivity contribution in [1.82, 2.24) is 0 Å². The van der Waals surface area contributed by atoms with Gasteiger partial charge in [-0.2, -0.15) is 0 Å². The van der Waals surface area contributed by atoms with Crippen molar-refractivity contribution >= 4 is 0 Å². The lowest BCUT2D eigenvalue weighted by Crippen LogP contribution is -2.35. The minimum atomic E-state index is 0.478. The molecular weight excluding hydrogens is 122 g/mol. The average Bonchev–Trinajstić information content (AvgIpc) is 1.83. The molecule has 1 heteroatoms. The van der Waals surface area contributed by atoms with Crippen molar-refractivity contribution in [3.8, 4) is 12.3 Å². The normalized spacial score (nSPS) is 38.3. The van der Waals surface area contributed by atoms with E-state index in [2.05, 4.69) is 12.8 Å². The van der Waals surface area contributed by atoms with Gasteiger partial charge in [0, 0.05) is 5.92 Å². The van der Waals surface area contributed by atoms with E-state index in [0.717, 1.165) is 13.0 Å². The van der Waals surface area contributed by atoms with Gasteiger partial charge in [-0.25, -0.2) is 0 Å². The van der Waals surface area contributed by atoms with Crippen LogP contribution in [-0.4, -0.2) is 6.54 Å². The smallest absolute Gasteiger partial charge is 0.0210 e. The molecule has 0 saturated heterocycles. The Balaban J connectivity index is 2.29. The Bertz CT molecular complexity index is 149. The topological polar surface area (TPSA) is 26.0 Å². The molecule has 10 heavy (non-hydrogen) atoms. The molecule has 0 spiro atoms. The van der Waals surface area contributed by atoms with Crippen LogP contribution in [0.4, 0.5) is 0 Å². The highest BCUT2D eigenvalue weighted by molar-refractivity contribution is 5.05. The summed E-state index contributed by atoms with van der Waals surface area (Å²) in [5.41, 5.74) is 5.94. The molecule has 0 aromatic rings. The molecule has 0 bridgehead atoms. The van der Waals surface area contributed by atoms with Crippen LogP contribution in [-0.2, 0) is 0 Å². The number of terminal acetylenes is 1. The predicted molar refractivity (Wildman–Crippen MR) is 43.3 cm³/mol. The summed E-state index contributed by atoms with van der Waals surface area (Å²) in [5, 5.41) is 0. The SMILES string of the molecule is C#CC1CC(C)(CCN)C1. The largest absolute Gasteiger partial charge is 0.330 e. The standard InChI is InChI=1S/C9H15N/c1-3-8-6-9(2,7-8)4-5-10/h1,8H,4-7,10H2,2H3. The molecule has 2 N–H and O–H groups in total. The van der Waals surface area contributed by atoms with Crippen molar-refractivity contribution in [1.29, 1.82) is 0 Å². The molecule has 1 aliphatic carbocycles. The fourth-order valence-corrected chi connectivity index (χ4v) is 1.80. The molecule has 0 aromatic carbocycles. The average molecular weight is 137 g/mol. The van der Waals surface area contributed by atoms with Crippen molar-refractivity contribution in [3.05, 3.63) is 0 Å². The summed E-state index contributed by atoms with van der Waals surface area (Å²) in [7, 11) is 0. The van der Waals surface area contributed by atoms with E-state index < -0.39 is 0 Å². The highest BCUT2D eigenvalue weighted by atomic mass is 14.6. The highest BCUT2D eigenvalue weighted by Gasteiger charge is 2.38. The fourth-order valence-electron chi connectivity index (χ4n) is 1.80. The van der Waals surface area contributed by atoms with Crippen LogP contribution < -0.4 is 5.73 Å². The quantitative estimate of drug-likeness (QED) is 0.572. The molecule has 0 unspecified atom stereocenters. The number of rotatable bonds is 2. The first-order valence-corrected chi connectivity index (χ1v) is 3.86. The first kappa shape index (κ1) is 7.63. The van der Waals surface area contributed by atoms with Gasteiger partial charge in [-0.3, -0.25) is 0 Å². The van der Waals surface area contributed by atoms with Crippen LogP contribution in [0.25, 0.3) is 0 Å². The Labute approximate surface area is 63.0 Å². The van der Waals surface area contributed by atoms with Crippen molar-refractivity contribution in [2.75, 3.05) is 6.54 Å². The van der Waals surface area contributed by atoms with E-state index in [1.807, 2.05) is 0 Å². The number of nitrogens with two attached hydrogens (primary N) is 1. The molecule has 0 atom stereocenters. The van der Waals surface area contributed by atoms with Gasteiger partial charge in [0.2, 0.25) is 0 Å². The van der Waals surface area contributed by atoms with E-state index in [9.17, 15) is 0 Å². The molecule has 0 aliphatic heterocycles. The minimum Gasteiger partial charge on any atom is -0.330 e. The van der Waals surface area contributed by atoms with Gasteiger partial charge in [0.1, 0.15) is 0 Å². The van der Waals surface area contributed by atoms with Crippen molar-refractivity contribution < 1.29 is 0 Å². The molecule has 1 nitrogen and oxygen atoms in total. The van der Waals surface area contributed by atoms with Crippen molar-refractivity contribution in [3.63, 3.8) is 0 Å². The maximum Gasteiger partial charge on any atom is 0.0210 e. The lowest BCUT2D eigenvalue weighted by Gasteiger charge is -2.42. The van der Waals surface area contributed by atoms with Crippen LogP contribution in [0.2, 0.25) is 0 Å². The van der Waals surface area contributed by atoms with Crippen LogP contribution in [0.1, 0.15) is 26.2 Å². The third kappa shape index (κ3) is 1.33. The number of hydrogen-bond acceptors (Lipinski definition) is 1. The Morgan fingerprint density at radius 1 is 1.70 bits per heavy atom. The van der Waals surface area contributed by atoms with Gasteiger partial charge in [-0.05, 0) is 31.2 Å². The Kier molecular flexibility index (Phi) is 2.01. The van der Waals surface area contributed by atoms with Crippen molar-refractivity contribution in [2.24, 2.45) is 17.1 Å². The van der Waals surface area contributed by atoms with E-state index in [4.69, 9.17) is 12.2 Å². The fraction of sp³-hybridized carbons (Fsp3) is 0.778. The van der Waals surface area contributed by atoms with Crippen LogP contribution in [0.3, 0.4) is 0 Å². The monoisotopic (exact) mass is 137 g/mol. The summed E-state index contributed by atoms with van der Waals surface area (Å²) >= 11 is 0. The van der Waals surface area contributed by atoms with Gasteiger partial charge < -0.3 is 5.73 Å². The third-order valence-electron chi connectivity index (χ3n) is 2.46. The van der Waals surface area contributed by atoms with Gasteiger partial charge in [0.05, 0.1) is 0 Å². The third-order valence-corrected chi connectivity index (χ3v) is 2.46. The summed E-state index contributed by atoms with van der Waals surface area (Å²) in [6.07, 6.45) is 8.76. The minimum absolute atomic E-state index is 0.478. The molecule has 1 aliphatic rings. The number of hydrogen-bond donors (Lipinski definition) is 1. The zero-order chi connectivity index (χ0) is 7.61. The maximum absolute atomic E-state index is 5.46. The van der Waals surface area contributed by atoms with Gasteiger partial charge in [-0.15, -0.1) is 12.3 Å². The maximum atomic E-state index is 5.46. The Morgan fingerprint density at radius 2 is 2.30 bits per heavy atom. The second-order valence-corrected chi connectivity index (χ2v) is 3.62. The van der Waals surface area contributed by atoms with E-state index in [-0.39, 0.29) is 0 Å². The second-order valence-electron chi connectivity index (χ2n) is 3.62. The molecule has 1 rings (SSSR count). The molecule has 0 heterocycles. The van der Waals surface area contributed by atoms with Crippen LogP contribution in [0.15, 0.2) is 0 Å². The lowest BCUT2D eigenvalue weighted by molar-refractivity contribution is 0.104. The van der Waals surface area contributed by atoms with Gasteiger partial charge in [-0.1, -0.05) is 6.92 Å². The van der Waals surface area contributed by atoms with E-state index in [1.165, 1.54) is 12.8 Å². The molecule has 0 amide bonds. The molecule has 0 radical (unpaired) electrons. The Morgan fingerprint density at radius 3 is 2.70 bits per heavy atom. The molecule has 56 valence electrons. The summed E-state index contributed by atoms with van der Waals surface area (Å²) in [4.78, 5) is 0. The first-order valence-electron chi connectivity index (χ1n) is 3.86. The van der Waals surface area contributed by atoms with Crippen LogP contribution in [0.5, 0.6) is 0 Å². The lowest BCUT2D eigenvalue weighted by atomic mass is 9.62. The van der Waals surface area contributed by atoms with Crippen molar-refractivity contribution in [2.45, 2.75) is 26.2 Å². The van der Waals surface area contributed by atoms with Gasteiger partial charge >= 0.3 is 0 Å². The van der Waals surface area contributed by atoms with E-state index in [1.54, 1.807) is 0 Å². The summed E-state index contributed by atoms with van der Waals surface area (Å²) in [6, 6.07) is 0. The molecular formula is C9H15N. The predicted octanol–water partition coefficient (Wildman–Crippen LogP) is 1.38. The second kappa shape index (κ2) is 2.64. The highest BCUT2D eigenvalue weighted by Crippen LogP contribution is 2.46. The summed E-state index contributed by atoms with van der Waals surface area (Å²) < 4.78 is 0. The molecule has 0 aromatic heterocycles. The Hall–Kier alpha value is -0.480. The molecule has 1 saturated carbocycles. The van der Waals surface area contributed by atoms with Crippen LogP contribution >= 0.6 is 0 Å².